The number of benzene rings is 1. The minimum Gasteiger partial charge on any atom is -0.317 e. The Morgan fingerprint density at radius 3 is 2.23 bits per heavy atom. The number of sulfonamides is 1. The van der Waals surface area contributed by atoms with Crippen molar-refractivity contribution in [3.8, 4) is 0 Å². The molecule has 120 valence electrons. The van der Waals surface area contributed by atoms with E-state index < -0.39 is 10.0 Å². The highest BCUT2D eigenvalue weighted by atomic mass is 32.2. The summed E-state index contributed by atoms with van der Waals surface area (Å²) in [6.45, 7) is 7.73. The molecule has 0 unspecified atom stereocenters. The van der Waals surface area contributed by atoms with Crippen molar-refractivity contribution >= 4 is 21.4 Å². The van der Waals surface area contributed by atoms with E-state index in [4.69, 9.17) is 0 Å². The first kappa shape index (κ1) is 16.9. The predicted molar refractivity (Wildman–Crippen MR) is 89.2 cm³/mol. The summed E-state index contributed by atoms with van der Waals surface area (Å²) in [5.41, 5.74) is 4.22. The van der Waals surface area contributed by atoms with Crippen molar-refractivity contribution in [3.05, 3.63) is 49.1 Å². The third-order valence-electron chi connectivity index (χ3n) is 3.82. The number of hydrogen-bond donors (Lipinski definition) is 2. The molecule has 0 fully saturated rings. The molecule has 0 atom stereocenters. The fraction of sp³-hybridized carbons (Fsp3) is 0.400. The van der Waals surface area contributed by atoms with E-state index in [1.807, 2.05) is 33.8 Å². The standard InChI is InChI=1S/C15H20N2O3S2/c1-9-7-10(2)12(4)14(11(9)3)22(19,20)16-6-5-13-8-21-15(18)17-13/h7-8,16H,5-6H2,1-4H3,(H,17,18). The lowest BCUT2D eigenvalue weighted by Gasteiger charge is -2.16. The molecule has 0 saturated carbocycles. The van der Waals surface area contributed by atoms with Crippen LogP contribution in [-0.2, 0) is 16.4 Å². The van der Waals surface area contributed by atoms with Crippen LogP contribution in [0.4, 0.5) is 0 Å². The predicted octanol–water partition coefficient (Wildman–Crippen LogP) is 2.19. The zero-order valence-electron chi connectivity index (χ0n) is 13.1. The fourth-order valence-corrected chi connectivity index (χ4v) is 4.67. The topological polar surface area (TPSA) is 79.0 Å². The van der Waals surface area contributed by atoms with Gasteiger partial charge in [0.05, 0.1) is 4.90 Å². The first-order valence-electron chi connectivity index (χ1n) is 6.96. The summed E-state index contributed by atoms with van der Waals surface area (Å²) in [4.78, 5) is 14.0. The van der Waals surface area contributed by atoms with Crippen LogP contribution in [0, 0.1) is 27.7 Å². The van der Waals surface area contributed by atoms with Crippen molar-refractivity contribution < 1.29 is 8.42 Å². The summed E-state index contributed by atoms with van der Waals surface area (Å²) in [5, 5.41) is 1.71. The van der Waals surface area contributed by atoms with E-state index in [0.29, 0.717) is 11.3 Å². The molecule has 5 nitrogen and oxygen atoms in total. The highest BCUT2D eigenvalue weighted by Crippen LogP contribution is 2.25. The molecule has 0 spiro atoms. The Morgan fingerprint density at radius 2 is 1.73 bits per heavy atom. The van der Waals surface area contributed by atoms with Crippen LogP contribution in [0.25, 0.3) is 0 Å². The molecule has 1 aromatic carbocycles. The second-order valence-electron chi connectivity index (χ2n) is 5.41. The zero-order valence-corrected chi connectivity index (χ0v) is 14.7. The smallest absolute Gasteiger partial charge is 0.304 e. The Morgan fingerprint density at radius 1 is 1.14 bits per heavy atom. The fourth-order valence-electron chi connectivity index (χ4n) is 2.41. The molecule has 0 bridgehead atoms. The van der Waals surface area contributed by atoms with Gasteiger partial charge in [0.25, 0.3) is 0 Å². The Kier molecular flexibility index (Phi) is 4.89. The Bertz CT molecular complexity index is 822. The van der Waals surface area contributed by atoms with Crippen molar-refractivity contribution in [1.82, 2.24) is 9.71 Å². The molecular weight excluding hydrogens is 320 g/mol. The molecule has 1 heterocycles. The Hall–Kier alpha value is -1.44. The van der Waals surface area contributed by atoms with Crippen molar-refractivity contribution in [3.63, 3.8) is 0 Å². The number of aromatic nitrogens is 1. The molecule has 2 rings (SSSR count). The Labute approximate surface area is 134 Å². The highest BCUT2D eigenvalue weighted by Gasteiger charge is 2.21. The molecule has 22 heavy (non-hydrogen) atoms. The van der Waals surface area contributed by atoms with Gasteiger partial charge in [0, 0.05) is 24.0 Å². The molecule has 0 radical (unpaired) electrons. The lowest BCUT2D eigenvalue weighted by Crippen LogP contribution is -2.28. The quantitative estimate of drug-likeness (QED) is 0.876. The van der Waals surface area contributed by atoms with Crippen LogP contribution in [0.15, 0.2) is 21.1 Å². The van der Waals surface area contributed by atoms with Crippen molar-refractivity contribution in [1.29, 1.82) is 0 Å². The molecule has 2 aromatic rings. The van der Waals surface area contributed by atoms with Crippen molar-refractivity contribution in [2.45, 2.75) is 39.0 Å². The number of aromatic amines is 1. The van der Waals surface area contributed by atoms with Crippen LogP contribution < -0.4 is 9.60 Å². The largest absolute Gasteiger partial charge is 0.317 e. The lowest BCUT2D eigenvalue weighted by molar-refractivity contribution is 0.579. The van der Waals surface area contributed by atoms with E-state index in [1.165, 1.54) is 0 Å². The van der Waals surface area contributed by atoms with Crippen molar-refractivity contribution in [2.75, 3.05) is 6.54 Å². The third kappa shape index (κ3) is 3.48. The number of rotatable bonds is 5. The number of nitrogens with one attached hydrogen (secondary N) is 2. The Balaban J connectivity index is 2.22. The van der Waals surface area contributed by atoms with E-state index in [2.05, 4.69) is 9.71 Å². The SMILES string of the molecule is Cc1cc(C)c(C)c(S(=O)(=O)NCCc2csc(=O)[nH]2)c1C. The molecule has 0 aliphatic heterocycles. The van der Waals surface area contributed by atoms with Gasteiger partial charge in [-0.25, -0.2) is 13.1 Å². The second-order valence-corrected chi connectivity index (χ2v) is 7.96. The van der Waals surface area contributed by atoms with Gasteiger partial charge in [0.1, 0.15) is 0 Å². The number of thiazole rings is 1. The van der Waals surface area contributed by atoms with Crippen LogP contribution in [0.5, 0.6) is 0 Å². The molecule has 0 aliphatic rings. The third-order valence-corrected chi connectivity index (χ3v) is 6.28. The molecule has 2 N–H and O–H groups in total. The maximum absolute atomic E-state index is 12.6. The van der Waals surface area contributed by atoms with Crippen LogP contribution in [0.2, 0.25) is 0 Å². The molecular formula is C15H20N2O3S2. The normalized spacial score (nSPS) is 11.8. The maximum Gasteiger partial charge on any atom is 0.304 e. The summed E-state index contributed by atoms with van der Waals surface area (Å²) in [6.07, 6.45) is 0.459. The van der Waals surface area contributed by atoms with Gasteiger partial charge in [-0.15, -0.1) is 0 Å². The van der Waals surface area contributed by atoms with Crippen LogP contribution in [0.3, 0.4) is 0 Å². The maximum atomic E-state index is 12.6. The summed E-state index contributed by atoms with van der Waals surface area (Å²) >= 11 is 1.08. The molecule has 0 saturated heterocycles. The van der Waals surface area contributed by atoms with Gasteiger partial charge in [-0.3, -0.25) is 4.79 Å². The van der Waals surface area contributed by atoms with Gasteiger partial charge < -0.3 is 4.98 Å². The number of H-pyrrole nitrogens is 1. The summed E-state index contributed by atoms with van der Waals surface area (Å²) in [5.74, 6) is 0. The van der Waals surface area contributed by atoms with Gasteiger partial charge in [0.2, 0.25) is 10.0 Å². The number of hydrogen-bond acceptors (Lipinski definition) is 4. The number of aryl methyl sites for hydroxylation is 2. The first-order chi connectivity index (χ1) is 10.2. The van der Waals surface area contributed by atoms with Gasteiger partial charge in [-0.1, -0.05) is 17.4 Å². The monoisotopic (exact) mass is 340 g/mol. The molecule has 7 heteroatoms. The summed E-state index contributed by atoms with van der Waals surface area (Å²) in [7, 11) is -3.57. The lowest BCUT2D eigenvalue weighted by atomic mass is 10.0. The van der Waals surface area contributed by atoms with Gasteiger partial charge in [-0.05, 0) is 49.9 Å². The first-order valence-corrected chi connectivity index (χ1v) is 9.32. The van der Waals surface area contributed by atoms with Gasteiger partial charge in [-0.2, -0.15) is 0 Å². The van der Waals surface area contributed by atoms with Gasteiger partial charge in [0.15, 0.2) is 0 Å². The van der Waals surface area contributed by atoms with Crippen LogP contribution in [0.1, 0.15) is 27.9 Å². The van der Waals surface area contributed by atoms with Crippen molar-refractivity contribution in [2.24, 2.45) is 0 Å². The summed E-state index contributed by atoms with van der Waals surface area (Å²) < 4.78 is 27.8. The highest BCUT2D eigenvalue weighted by molar-refractivity contribution is 7.89. The molecule has 0 amide bonds. The van der Waals surface area contributed by atoms with E-state index in [1.54, 1.807) is 5.38 Å². The van der Waals surface area contributed by atoms with E-state index in [-0.39, 0.29) is 11.4 Å². The second kappa shape index (κ2) is 6.36. The van der Waals surface area contributed by atoms with E-state index in [9.17, 15) is 13.2 Å². The van der Waals surface area contributed by atoms with Crippen LogP contribution >= 0.6 is 11.3 Å². The average molecular weight is 340 g/mol. The van der Waals surface area contributed by atoms with E-state index >= 15 is 0 Å². The summed E-state index contributed by atoms with van der Waals surface area (Å²) in [6, 6.07) is 2.00. The average Bonchev–Trinajstić information content (AvgIpc) is 2.82. The molecule has 1 aromatic heterocycles. The molecule has 0 aliphatic carbocycles. The zero-order chi connectivity index (χ0) is 16.5. The minimum atomic E-state index is -3.57. The minimum absolute atomic E-state index is 0.126. The van der Waals surface area contributed by atoms with Crippen LogP contribution in [-0.4, -0.2) is 19.9 Å². The van der Waals surface area contributed by atoms with Gasteiger partial charge >= 0.3 is 4.87 Å². The van der Waals surface area contributed by atoms with E-state index in [0.717, 1.165) is 39.3 Å².